The number of ether oxygens (including phenoxy) is 1. The minimum atomic E-state index is -3.88. The number of hydrogen-bond acceptors (Lipinski definition) is 3. The number of alkyl halides is 2. The molecule has 0 aliphatic carbocycles. The summed E-state index contributed by atoms with van der Waals surface area (Å²) in [6, 6.07) is 19.7. The number of aryl methyl sites for hydroxylation is 1. The SMILES string of the molecule is Cc1ccc2nc(-c3ccc(-c4ccc(C(F)(F)Oc5cc(F)c(F)c(F)c5)cc4)cc3)sc2c1. The van der Waals surface area contributed by atoms with E-state index in [1.807, 2.05) is 43.3 Å². The summed E-state index contributed by atoms with van der Waals surface area (Å²) in [7, 11) is 0. The van der Waals surface area contributed by atoms with E-state index in [1.54, 1.807) is 11.3 Å². The summed E-state index contributed by atoms with van der Waals surface area (Å²) in [5.74, 6) is -5.81. The van der Waals surface area contributed by atoms with E-state index in [9.17, 15) is 22.0 Å². The van der Waals surface area contributed by atoms with E-state index in [1.165, 1.54) is 17.7 Å². The van der Waals surface area contributed by atoms with E-state index in [2.05, 4.69) is 15.8 Å². The Morgan fingerprint density at radius 1 is 0.743 bits per heavy atom. The monoisotopic (exact) mass is 497 g/mol. The van der Waals surface area contributed by atoms with E-state index >= 15 is 0 Å². The van der Waals surface area contributed by atoms with Gasteiger partial charge in [0.05, 0.1) is 15.8 Å². The molecule has 1 heterocycles. The molecule has 0 spiro atoms. The Kier molecular flexibility index (Phi) is 5.76. The van der Waals surface area contributed by atoms with Crippen LogP contribution < -0.4 is 4.74 Å². The predicted octanol–water partition coefficient (Wildman–Crippen LogP) is 8.48. The molecule has 8 heteroatoms. The van der Waals surface area contributed by atoms with Crippen molar-refractivity contribution < 1.29 is 26.7 Å². The maximum atomic E-state index is 14.5. The van der Waals surface area contributed by atoms with Crippen LogP contribution in [0.2, 0.25) is 0 Å². The minimum Gasteiger partial charge on any atom is -0.429 e. The molecule has 35 heavy (non-hydrogen) atoms. The lowest BCUT2D eigenvalue weighted by atomic mass is 10.0. The largest absolute Gasteiger partial charge is 0.429 e. The van der Waals surface area contributed by atoms with Gasteiger partial charge in [-0.1, -0.05) is 42.5 Å². The molecule has 0 aliphatic heterocycles. The number of benzene rings is 4. The van der Waals surface area contributed by atoms with Crippen molar-refractivity contribution in [3.63, 3.8) is 0 Å². The molecule has 0 saturated carbocycles. The fourth-order valence-electron chi connectivity index (χ4n) is 3.62. The molecule has 0 amide bonds. The Balaban J connectivity index is 1.35. The van der Waals surface area contributed by atoms with Gasteiger partial charge in [-0.15, -0.1) is 11.3 Å². The molecule has 0 saturated heterocycles. The van der Waals surface area contributed by atoms with Crippen LogP contribution in [0.3, 0.4) is 0 Å². The molecule has 4 aromatic carbocycles. The van der Waals surface area contributed by atoms with Crippen LogP contribution >= 0.6 is 11.3 Å². The van der Waals surface area contributed by atoms with Crippen LogP contribution in [0.1, 0.15) is 11.1 Å². The van der Waals surface area contributed by atoms with Crippen molar-refractivity contribution in [1.82, 2.24) is 4.98 Å². The maximum absolute atomic E-state index is 14.5. The van der Waals surface area contributed by atoms with Crippen molar-refractivity contribution in [1.29, 1.82) is 0 Å². The second-order valence-corrected chi connectivity index (χ2v) is 9.00. The Bertz CT molecular complexity index is 1510. The van der Waals surface area contributed by atoms with Crippen LogP contribution in [0.4, 0.5) is 22.0 Å². The lowest BCUT2D eigenvalue weighted by molar-refractivity contribution is -0.185. The van der Waals surface area contributed by atoms with E-state index in [4.69, 9.17) is 0 Å². The molecule has 176 valence electrons. The number of hydrogen-bond donors (Lipinski definition) is 0. The first kappa shape index (κ1) is 23.0. The van der Waals surface area contributed by atoms with Gasteiger partial charge in [0.1, 0.15) is 10.8 Å². The summed E-state index contributed by atoms with van der Waals surface area (Å²) in [5, 5.41) is 0.887. The lowest BCUT2D eigenvalue weighted by Crippen LogP contribution is -2.22. The molecule has 0 atom stereocenters. The Hall–Kier alpha value is -3.78. The van der Waals surface area contributed by atoms with Crippen molar-refractivity contribution >= 4 is 21.6 Å². The second kappa shape index (κ2) is 8.78. The van der Waals surface area contributed by atoms with Crippen LogP contribution in [0.15, 0.2) is 78.9 Å². The molecule has 0 N–H and O–H groups in total. The predicted molar refractivity (Wildman–Crippen MR) is 126 cm³/mol. The van der Waals surface area contributed by atoms with Gasteiger partial charge in [0.15, 0.2) is 17.5 Å². The first-order chi connectivity index (χ1) is 16.7. The van der Waals surface area contributed by atoms with Crippen molar-refractivity contribution in [2.24, 2.45) is 0 Å². The molecule has 0 radical (unpaired) electrons. The highest BCUT2D eigenvalue weighted by Gasteiger charge is 2.35. The van der Waals surface area contributed by atoms with Gasteiger partial charge in [-0.3, -0.25) is 0 Å². The van der Waals surface area contributed by atoms with Gasteiger partial charge >= 0.3 is 6.11 Å². The van der Waals surface area contributed by atoms with Crippen LogP contribution in [-0.4, -0.2) is 4.98 Å². The maximum Gasteiger partial charge on any atom is 0.426 e. The third-order valence-corrected chi connectivity index (χ3v) is 6.50. The number of rotatable bonds is 5. The summed E-state index contributed by atoms with van der Waals surface area (Å²) in [4.78, 5) is 4.67. The molecule has 0 bridgehead atoms. The summed E-state index contributed by atoms with van der Waals surface area (Å²) in [6.45, 7) is 2.03. The zero-order chi connectivity index (χ0) is 24.7. The first-order valence-corrected chi connectivity index (χ1v) is 11.3. The molecular weight excluding hydrogens is 481 g/mol. The molecule has 0 unspecified atom stereocenters. The van der Waals surface area contributed by atoms with Gasteiger partial charge in [0.2, 0.25) is 0 Å². The summed E-state index contributed by atoms with van der Waals surface area (Å²) < 4.78 is 74.3. The third kappa shape index (κ3) is 4.61. The highest BCUT2D eigenvalue weighted by molar-refractivity contribution is 7.21. The first-order valence-electron chi connectivity index (χ1n) is 10.5. The average Bonchev–Trinajstić information content (AvgIpc) is 3.26. The highest BCUT2D eigenvalue weighted by atomic mass is 32.1. The normalized spacial score (nSPS) is 11.7. The molecule has 1 aromatic heterocycles. The van der Waals surface area contributed by atoms with Gasteiger partial charge in [0.25, 0.3) is 0 Å². The van der Waals surface area contributed by atoms with Gasteiger partial charge in [-0.2, -0.15) is 8.78 Å². The van der Waals surface area contributed by atoms with Crippen LogP contribution in [0.25, 0.3) is 31.9 Å². The number of nitrogens with zero attached hydrogens (tertiary/aromatic N) is 1. The van der Waals surface area contributed by atoms with Crippen molar-refractivity contribution in [3.05, 3.63) is 107 Å². The average molecular weight is 497 g/mol. The van der Waals surface area contributed by atoms with Crippen molar-refractivity contribution in [2.75, 3.05) is 0 Å². The third-order valence-electron chi connectivity index (χ3n) is 5.43. The van der Waals surface area contributed by atoms with E-state index < -0.39 is 34.9 Å². The fraction of sp³-hybridized carbons (Fsp3) is 0.0741. The molecule has 0 aliphatic rings. The fourth-order valence-corrected chi connectivity index (χ4v) is 4.68. The molecule has 2 nitrogen and oxygen atoms in total. The molecule has 5 rings (SSSR count). The van der Waals surface area contributed by atoms with Gasteiger partial charge < -0.3 is 4.74 Å². The van der Waals surface area contributed by atoms with E-state index in [-0.39, 0.29) is 0 Å². The van der Waals surface area contributed by atoms with Crippen LogP contribution in [0.5, 0.6) is 5.75 Å². The van der Waals surface area contributed by atoms with Gasteiger partial charge in [-0.05, 0) is 47.9 Å². The van der Waals surface area contributed by atoms with Crippen molar-refractivity contribution in [2.45, 2.75) is 13.0 Å². The Morgan fingerprint density at radius 3 is 1.94 bits per heavy atom. The number of halogens is 5. The summed E-state index contributed by atoms with van der Waals surface area (Å²) >= 11 is 1.60. The molecule has 0 fully saturated rings. The Morgan fingerprint density at radius 2 is 1.31 bits per heavy atom. The quantitative estimate of drug-likeness (QED) is 0.179. The van der Waals surface area contributed by atoms with Crippen molar-refractivity contribution in [3.8, 4) is 27.4 Å². The number of fused-ring (bicyclic) bond motifs is 1. The zero-order valence-electron chi connectivity index (χ0n) is 18.2. The van der Waals surface area contributed by atoms with Gasteiger partial charge in [-0.25, -0.2) is 18.2 Å². The van der Waals surface area contributed by atoms with Gasteiger partial charge in [0, 0.05) is 17.7 Å². The molecular formula is C27H16F5NOS. The number of aromatic nitrogens is 1. The smallest absolute Gasteiger partial charge is 0.426 e. The van der Waals surface area contributed by atoms with E-state index in [0.29, 0.717) is 17.7 Å². The zero-order valence-corrected chi connectivity index (χ0v) is 19.0. The van der Waals surface area contributed by atoms with Crippen LogP contribution in [-0.2, 0) is 6.11 Å². The summed E-state index contributed by atoms with van der Waals surface area (Å²) in [5.41, 5.74) is 4.03. The second-order valence-electron chi connectivity index (χ2n) is 7.96. The summed E-state index contributed by atoms with van der Waals surface area (Å²) in [6.07, 6.45) is -3.88. The van der Waals surface area contributed by atoms with E-state index in [0.717, 1.165) is 38.5 Å². The standard InChI is InChI=1S/C27H16F5NOS/c1-15-2-11-23-24(12-15)35-26(33-23)18-5-3-16(4-6-18)17-7-9-19(10-8-17)27(31,32)34-20-13-21(28)25(30)22(29)14-20/h2-14H,1H3. The lowest BCUT2D eigenvalue weighted by Gasteiger charge is -2.19. The van der Waals surface area contributed by atoms with Crippen LogP contribution in [0, 0.1) is 24.4 Å². The number of thiazole rings is 1. The molecule has 5 aromatic rings. The topological polar surface area (TPSA) is 22.1 Å². The highest BCUT2D eigenvalue weighted by Crippen LogP contribution is 2.35. The minimum absolute atomic E-state index is 0.370. The Labute approximate surface area is 201 Å².